The maximum Gasteiger partial charge on any atom is 0.228 e. The fourth-order valence-corrected chi connectivity index (χ4v) is 2.28. The molecule has 2 aromatic rings. The third-order valence-electron chi connectivity index (χ3n) is 2.55. The fraction of sp³-hybridized carbons (Fsp3) is 0.0714. The summed E-state index contributed by atoms with van der Waals surface area (Å²) in [6.45, 7) is 0. The Morgan fingerprint density at radius 3 is 2.30 bits per heavy atom. The molecule has 20 heavy (non-hydrogen) atoms. The van der Waals surface area contributed by atoms with Gasteiger partial charge < -0.3 is 5.32 Å². The van der Waals surface area contributed by atoms with E-state index in [4.69, 9.17) is 46.4 Å². The van der Waals surface area contributed by atoms with Crippen LogP contribution in [0.5, 0.6) is 0 Å². The van der Waals surface area contributed by atoms with Crippen molar-refractivity contribution in [2.45, 2.75) is 6.42 Å². The second-order valence-corrected chi connectivity index (χ2v) is 5.76. The Bertz CT molecular complexity index is 658. The maximum absolute atomic E-state index is 12.0. The van der Waals surface area contributed by atoms with Crippen molar-refractivity contribution in [3.63, 3.8) is 0 Å². The molecule has 0 spiro atoms. The van der Waals surface area contributed by atoms with Crippen LogP contribution < -0.4 is 5.32 Å². The SMILES string of the molecule is O=C(Cc1ccc(Cl)c(Cl)c1)Nc1cc(Cl)ccc1Cl. The predicted molar refractivity (Wildman–Crippen MR) is 85.3 cm³/mol. The monoisotopic (exact) mass is 347 g/mol. The number of carbonyl (C=O) groups excluding carboxylic acids is 1. The molecular formula is C14H9Cl4NO. The van der Waals surface area contributed by atoms with Gasteiger partial charge in [-0.1, -0.05) is 52.5 Å². The Balaban J connectivity index is 2.09. The summed E-state index contributed by atoms with van der Waals surface area (Å²) in [5, 5.41) is 4.50. The molecular weight excluding hydrogens is 340 g/mol. The van der Waals surface area contributed by atoms with Crippen molar-refractivity contribution in [1.29, 1.82) is 0 Å². The zero-order valence-corrected chi connectivity index (χ0v) is 13.1. The van der Waals surface area contributed by atoms with Crippen LogP contribution in [0.1, 0.15) is 5.56 Å². The van der Waals surface area contributed by atoms with Gasteiger partial charge in [0, 0.05) is 5.02 Å². The number of amides is 1. The molecule has 0 atom stereocenters. The quantitative estimate of drug-likeness (QED) is 0.781. The molecule has 2 aromatic carbocycles. The van der Waals surface area contributed by atoms with E-state index in [0.717, 1.165) is 5.56 Å². The summed E-state index contributed by atoms with van der Waals surface area (Å²) in [6.07, 6.45) is 0.166. The molecule has 0 heterocycles. The van der Waals surface area contributed by atoms with Gasteiger partial charge in [-0.15, -0.1) is 0 Å². The Morgan fingerprint density at radius 2 is 1.60 bits per heavy atom. The molecule has 0 fully saturated rings. The van der Waals surface area contributed by atoms with E-state index in [0.29, 0.717) is 25.8 Å². The second kappa shape index (κ2) is 6.68. The van der Waals surface area contributed by atoms with Crippen molar-refractivity contribution in [2.75, 3.05) is 5.32 Å². The van der Waals surface area contributed by atoms with Crippen LogP contribution >= 0.6 is 46.4 Å². The Hall–Kier alpha value is -0.930. The number of carbonyl (C=O) groups is 1. The van der Waals surface area contributed by atoms with E-state index in [1.165, 1.54) is 0 Å². The lowest BCUT2D eigenvalue weighted by atomic mass is 10.1. The first-order valence-corrected chi connectivity index (χ1v) is 7.16. The third kappa shape index (κ3) is 4.03. The summed E-state index contributed by atoms with van der Waals surface area (Å²) in [5.74, 6) is -0.215. The molecule has 0 saturated carbocycles. The highest BCUT2D eigenvalue weighted by Crippen LogP contribution is 2.26. The average molecular weight is 349 g/mol. The predicted octanol–water partition coefficient (Wildman–Crippen LogP) is 5.48. The Kier molecular flexibility index (Phi) is 5.17. The lowest BCUT2D eigenvalue weighted by molar-refractivity contribution is -0.115. The van der Waals surface area contributed by atoms with Crippen molar-refractivity contribution in [3.05, 3.63) is 62.1 Å². The number of hydrogen-bond acceptors (Lipinski definition) is 1. The minimum absolute atomic E-state index is 0.166. The maximum atomic E-state index is 12.0. The highest BCUT2D eigenvalue weighted by atomic mass is 35.5. The third-order valence-corrected chi connectivity index (χ3v) is 3.85. The van der Waals surface area contributed by atoms with Gasteiger partial charge in [-0.2, -0.15) is 0 Å². The van der Waals surface area contributed by atoms with Crippen molar-refractivity contribution in [3.8, 4) is 0 Å². The molecule has 104 valence electrons. The molecule has 2 nitrogen and oxygen atoms in total. The van der Waals surface area contributed by atoms with Crippen LogP contribution in [0.2, 0.25) is 20.1 Å². The van der Waals surface area contributed by atoms with Crippen molar-refractivity contribution < 1.29 is 4.79 Å². The van der Waals surface area contributed by atoms with E-state index in [1.807, 2.05) is 0 Å². The number of halogens is 4. The molecule has 0 aliphatic heterocycles. The summed E-state index contributed by atoms with van der Waals surface area (Å²) in [4.78, 5) is 12.0. The summed E-state index contributed by atoms with van der Waals surface area (Å²) in [5.41, 5.74) is 1.24. The topological polar surface area (TPSA) is 29.1 Å². The van der Waals surface area contributed by atoms with Gasteiger partial charge in [-0.05, 0) is 35.9 Å². The first kappa shape index (κ1) is 15.5. The lowest BCUT2D eigenvalue weighted by Crippen LogP contribution is -2.14. The number of hydrogen-bond donors (Lipinski definition) is 1. The first-order valence-electron chi connectivity index (χ1n) is 5.64. The largest absolute Gasteiger partial charge is 0.324 e. The van der Waals surface area contributed by atoms with Crippen molar-refractivity contribution in [1.82, 2.24) is 0 Å². The van der Waals surface area contributed by atoms with Gasteiger partial charge in [0.05, 0.1) is 27.2 Å². The minimum atomic E-state index is -0.215. The van der Waals surface area contributed by atoms with Crippen LogP contribution in [0, 0.1) is 0 Å². The van der Waals surface area contributed by atoms with Crippen LogP contribution in [0.4, 0.5) is 5.69 Å². The zero-order chi connectivity index (χ0) is 14.7. The highest BCUT2D eigenvalue weighted by molar-refractivity contribution is 6.42. The fourth-order valence-electron chi connectivity index (χ4n) is 1.62. The lowest BCUT2D eigenvalue weighted by Gasteiger charge is -2.08. The molecule has 1 N–H and O–H groups in total. The van der Waals surface area contributed by atoms with Crippen LogP contribution in [-0.2, 0) is 11.2 Å². The highest BCUT2D eigenvalue weighted by Gasteiger charge is 2.09. The Labute approximate surface area is 136 Å². The number of anilines is 1. The van der Waals surface area contributed by atoms with Crippen LogP contribution in [-0.4, -0.2) is 5.91 Å². The number of benzene rings is 2. The molecule has 2 rings (SSSR count). The van der Waals surface area contributed by atoms with Crippen molar-refractivity contribution in [2.24, 2.45) is 0 Å². The standard InChI is InChI=1S/C14H9Cl4NO/c15-9-2-4-11(17)13(7-9)19-14(20)6-8-1-3-10(16)12(18)5-8/h1-5,7H,6H2,(H,19,20). The van der Waals surface area contributed by atoms with Gasteiger partial charge >= 0.3 is 0 Å². The summed E-state index contributed by atoms with van der Waals surface area (Å²) >= 11 is 23.6. The van der Waals surface area contributed by atoms with Crippen LogP contribution in [0.3, 0.4) is 0 Å². The zero-order valence-electron chi connectivity index (χ0n) is 10.1. The normalized spacial score (nSPS) is 10.4. The molecule has 0 aliphatic carbocycles. The van der Waals surface area contributed by atoms with Gasteiger partial charge in [-0.25, -0.2) is 0 Å². The minimum Gasteiger partial charge on any atom is -0.324 e. The molecule has 6 heteroatoms. The summed E-state index contributed by atoms with van der Waals surface area (Å²) in [7, 11) is 0. The molecule has 0 bridgehead atoms. The molecule has 0 aliphatic rings. The molecule has 1 amide bonds. The van der Waals surface area contributed by atoms with E-state index in [-0.39, 0.29) is 12.3 Å². The van der Waals surface area contributed by atoms with E-state index in [2.05, 4.69) is 5.32 Å². The van der Waals surface area contributed by atoms with E-state index in [9.17, 15) is 4.79 Å². The number of nitrogens with one attached hydrogen (secondary N) is 1. The van der Waals surface area contributed by atoms with E-state index >= 15 is 0 Å². The van der Waals surface area contributed by atoms with E-state index < -0.39 is 0 Å². The molecule has 0 saturated heterocycles. The van der Waals surface area contributed by atoms with Crippen LogP contribution in [0.25, 0.3) is 0 Å². The average Bonchev–Trinajstić information content (AvgIpc) is 2.38. The van der Waals surface area contributed by atoms with Crippen LogP contribution in [0.15, 0.2) is 36.4 Å². The number of rotatable bonds is 3. The Morgan fingerprint density at radius 1 is 0.900 bits per heavy atom. The summed E-state index contributed by atoms with van der Waals surface area (Å²) in [6, 6.07) is 9.92. The van der Waals surface area contributed by atoms with Gasteiger partial charge in [0.1, 0.15) is 0 Å². The van der Waals surface area contributed by atoms with E-state index in [1.54, 1.807) is 36.4 Å². The van der Waals surface area contributed by atoms with Gasteiger partial charge in [-0.3, -0.25) is 4.79 Å². The second-order valence-electron chi connectivity index (χ2n) is 4.10. The van der Waals surface area contributed by atoms with Gasteiger partial charge in [0.25, 0.3) is 0 Å². The van der Waals surface area contributed by atoms with Gasteiger partial charge in [0.15, 0.2) is 0 Å². The molecule has 0 radical (unpaired) electrons. The molecule has 0 unspecified atom stereocenters. The first-order chi connectivity index (χ1) is 9.45. The van der Waals surface area contributed by atoms with Crippen molar-refractivity contribution >= 4 is 58.0 Å². The smallest absolute Gasteiger partial charge is 0.228 e. The summed E-state index contributed by atoms with van der Waals surface area (Å²) < 4.78 is 0. The molecule has 0 aromatic heterocycles. The van der Waals surface area contributed by atoms with Gasteiger partial charge in [0.2, 0.25) is 5.91 Å².